The Balaban J connectivity index is 2.14. The number of benzene rings is 2. The van der Waals surface area contributed by atoms with Gasteiger partial charge in [-0.25, -0.2) is 0 Å². The van der Waals surface area contributed by atoms with Crippen molar-refractivity contribution in [3.05, 3.63) is 58.1 Å². The number of hydrogen-bond acceptors (Lipinski definition) is 2. The predicted molar refractivity (Wildman–Crippen MR) is 93.6 cm³/mol. The fourth-order valence-corrected chi connectivity index (χ4v) is 3.40. The van der Waals surface area contributed by atoms with Crippen LogP contribution in [0.5, 0.6) is 0 Å². The molecule has 0 saturated carbocycles. The maximum Gasteiger partial charge on any atom is 0.0546 e. The minimum absolute atomic E-state index is 0.646. The summed E-state index contributed by atoms with van der Waals surface area (Å²) in [5.41, 5.74) is 1.28. The molecular weight excluding hydrogens is 321 g/mol. The molecule has 0 aliphatic rings. The Bertz CT molecular complexity index is 599. The molecule has 0 heterocycles. The number of nitrogens with one attached hydrogen (secondary N) is 1. The zero-order valence-electron chi connectivity index (χ0n) is 12.2. The van der Waals surface area contributed by atoms with Crippen molar-refractivity contribution >= 4 is 35.0 Å². The van der Waals surface area contributed by atoms with Gasteiger partial charge >= 0.3 is 0 Å². The van der Waals surface area contributed by atoms with E-state index in [2.05, 4.69) is 37.4 Å². The van der Waals surface area contributed by atoms with Gasteiger partial charge in [-0.05, 0) is 42.3 Å². The zero-order valence-corrected chi connectivity index (χ0v) is 14.5. The lowest BCUT2D eigenvalue weighted by Crippen LogP contribution is -2.19. The van der Waals surface area contributed by atoms with Crippen LogP contribution in [0.3, 0.4) is 0 Å². The molecule has 0 amide bonds. The summed E-state index contributed by atoms with van der Waals surface area (Å²) < 4.78 is 0. The van der Waals surface area contributed by atoms with Crippen molar-refractivity contribution in [1.82, 2.24) is 5.32 Å². The normalized spacial score (nSPS) is 11.1. The van der Waals surface area contributed by atoms with E-state index in [1.54, 1.807) is 11.8 Å². The van der Waals surface area contributed by atoms with Crippen LogP contribution in [0.15, 0.2) is 52.3 Å². The van der Waals surface area contributed by atoms with Gasteiger partial charge in [0, 0.05) is 21.4 Å². The molecule has 0 bridgehead atoms. The lowest BCUT2D eigenvalue weighted by molar-refractivity contribution is 0.550. The zero-order chi connectivity index (χ0) is 15.2. The number of rotatable bonds is 6. The Morgan fingerprint density at radius 1 is 1.05 bits per heavy atom. The first-order chi connectivity index (χ1) is 10.1. The molecule has 1 N–H and O–H groups in total. The van der Waals surface area contributed by atoms with Gasteiger partial charge in [0.1, 0.15) is 0 Å². The van der Waals surface area contributed by atoms with E-state index in [9.17, 15) is 0 Å². The van der Waals surface area contributed by atoms with Gasteiger partial charge in [0.25, 0.3) is 0 Å². The Hall–Kier alpha value is -0.670. The molecule has 0 radical (unpaired) electrons. The van der Waals surface area contributed by atoms with Gasteiger partial charge in [-0.2, -0.15) is 0 Å². The highest BCUT2D eigenvalue weighted by Crippen LogP contribution is 2.36. The lowest BCUT2D eigenvalue weighted by atomic mass is 10.2. The second-order valence-electron chi connectivity index (χ2n) is 5.31. The molecule has 0 unspecified atom stereocenters. The molecule has 2 rings (SSSR count). The van der Waals surface area contributed by atoms with Crippen molar-refractivity contribution < 1.29 is 0 Å². The molecule has 0 aliphatic carbocycles. The van der Waals surface area contributed by atoms with Crippen LogP contribution in [0.4, 0.5) is 0 Å². The van der Waals surface area contributed by atoms with E-state index in [1.807, 2.05) is 24.3 Å². The van der Waals surface area contributed by atoms with E-state index in [4.69, 9.17) is 23.2 Å². The summed E-state index contributed by atoms with van der Waals surface area (Å²) in [4.78, 5) is 2.19. The Morgan fingerprint density at radius 2 is 1.81 bits per heavy atom. The van der Waals surface area contributed by atoms with Gasteiger partial charge in [-0.1, -0.05) is 67.0 Å². The first kappa shape index (κ1) is 16.7. The van der Waals surface area contributed by atoms with Crippen molar-refractivity contribution in [2.45, 2.75) is 30.2 Å². The maximum absolute atomic E-state index is 6.25. The number of halogens is 2. The van der Waals surface area contributed by atoms with E-state index >= 15 is 0 Å². The quantitative estimate of drug-likeness (QED) is 0.704. The highest BCUT2D eigenvalue weighted by atomic mass is 35.5. The summed E-state index contributed by atoms with van der Waals surface area (Å²) >= 11 is 14.0. The third-order valence-electron chi connectivity index (χ3n) is 2.95. The minimum atomic E-state index is 0.646. The van der Waals surface area contributed by atoms with Gasteiger partial charge in [0.05, 0.1) is 5.02 Å². The van der Waals surface area contributed by atoms with E-state index in [-0.39, 0.29) is 0 Å². The molecule has 0 aliphatic heterocycles. The molecule has 4 heteroatoms. The second-order valence-corrected chi connectivity index (χ2v) is 7.24. The summed E-state index contributed by atoms with van der Waals surface area (Å²) in [6, 6.07) is 13.9. The molecular formula is C17H19Cl2NS. The maximum atomic E-state index is 6.25. The van der Waals surface area contributed by atoms with E-state index in [1.165, 1.54) is 10.5 Å². The molecule has 0 saturated heterocycles. The molecule has 21 heavy (non-hydrogen) atoms. The smallest absolute Gasteiger partial charge is 0.0546 e. The van der Waals surface area contributed by atoms with Crippen molar-refractivity contribution in [3.63, 3.8) is 0 Å². The van der Waals surface area contributed by atoms with Crippen molar-refractivity contribution in [1.29, 1.82) is 0 Å². The SMILES string of the molecule is CC(C)CNCc1ccccc1Sc1cc(Cl)ccc1Cl. The second kappa shape index (κ2) is 8.09. The highest BCUT2D eigenvalue weighted by Gasteiger charge is 2.08. The molecule has 0 aromatic heterocycles. The predicted octanol–water partition coefficient (Wildman–Crippen LogP) is 5.89. The van der Waals surface area contributed by atoms with Crippen LogP contribution in [0, 0.1) is 5.92 Å². The Labute approximate surface area is 141 Å². The third kappa shape index (κ3) is 5.23. The van der Waals surface area contributed by atoms with Crippen LogP contribution in [0.1, 0.15) is 19.4 Å². The fraction of sp³-hybridized carbons (Fsp3) is 0.294. The van der Waals surface area contributed by atoms with E-state index in [0.717, 1.165) is 23.0 Å². The van der Waals surface area contributed by atoms with E-state index in [0.29, 0.717) is 10.9 Å². The molecule has 2 aromatic rings. The summed E-state index contributed by atoms with van der Waals surface area (Å²) in [6.07, 6.45) is 0. The Morgan fingerprint density at radius 3 is 2.57 bits per heavy atom. The van der Waals surface area contributed by atoms with Crippen molar-refractivity contribution in [2.75, 3.05) is 6.54 Å². The van der Waals surface area contributed by atoms with Crippen molar-refractivity contribution in [3.8, 4) is 0 Å². The Kier molecular flexibility index (Phi) is 6.43. The first-order valence-corrected chi connectivity index (χ1v) is 8.55. The topological polar surface area (TPSA) is 12.0 Å². The fourth-order valence-electron chi connectivity index (χ4n) is 1.92. The van der Waals surface area contributed by atoms with Gasteiger partial charge < -0.3 is 5.32 Å². The molecule has 112 valence electrons. The molecule has 0 spiro atoms. The standard InChI is InChI=1S/C17H19Cl2NS/c1-12(2)10-20-11-13-5-3-4-6-16(13)21-17-9-14(18)7-8-15(17)19/h3-9,12,20H,10-11H2,1-2H3. The van der Waals surface area contributed by atoms with Gasteiger partial charge in [0.2, 0.25) is 0 Å². The van der Waals surface area contributed by atoms with Crippen LogP contribution < -0.4 is 5.32 Å². The summed E-state index contributed by atoms with van der Waals surface area (Å²) in [7, 11) is 0. The average molecular weight is 340 g/mol. The summed E-state index contributed by atoms with van der Waals surface area (Å²) in [5.74, 6) is 0.646. The average Bonchev–Trinajstić information content (AvgIpc) is 2.44. The van der Waals surface area contributed by atoms with E-state index < -0.39 is 0 Å². The monoisotopic (exact) mass is 339 g/mol. The van der Waals surface area contributed by atoms with Gasteiger partial charge in [0.15, 0.2) is 0 Å². The third-order valence-corrected chi connectivity index (χ3v) is 4.81. The molecule has 0 fully saturated rings. The van der Waals surface area contributed by atoms with Crippen molar-refractivity contribution in [2.24, 2.45) is 5.92 Å². The molecule has 1 nitrogen and oxygen atoms in total. The first-order valence-electron chi connectivity index (χ1n) is 6.98. The van der Waals surface area contributed by atoms with Crippen LogP contribution in [-0.4, -0.2) is 6.54 Å². The van der Waals surface area contributed by atoms with Crippen LogP contribution in [-0.2, 0) is 6.54 Å². The molecule has 0 atom stereocenters. The van der Waals surface area contributed by atoms with Crippen LogP contribution >= 0.6 is 35.0 Å². The minimum Gasteiger partial charge on any atom is -0.312 e. The summed E-state index contributed by atoms with van der Waals surface area (Å²) in [6.45, 7) is 6.29. The summed E-state index contributed by atoms with van der Waals surface area (Å²) in [5, 5.41) is 4.92. The van der Waals surface area contributed by atoms with Crippen LogP contribution in [0.25, 0.3) is 0 Å². The number of hydrogen-bond donors (Lipinski definition) is 1. The lowest BCUT2D eigenvalue weighted by Gasteiger charge is -2.12. The van der Waals surface area contributed by atoms with Gasteiger partial charge in [-0.3, -0.25) is 0 Å². The molecule has 2 aromatic carbocycles. The largest absolute Gasteiger partial charge is 0.312 e. The van der Waals surface area contributed by atoms with Gasteiger partial charge in [-0.15, -0.1) is 0 Å². The van der Waals surface area contributed by atoms with Crippen LogP contribution in [0.2, 0.25) is 10.0 Å². The highest BCUT2D eigenvalue weighted by molar-refractivity contribution is 7.99.